The van der Waals surface area contributed by atoms with Gasteiger partial charge in [0.1, 0.15) is 0 Å². The van der Waals surface area contributed by atoms with Crippen molar-refractivity contribution in [3.8, 4) is 0 Å². The Morgan fingerprint density at radius 1 is 0.909 bits per heavy atom. The molecule has 3 nitrogen and oxygen atoms in total. The summed E-state index contributed by atoms with van der Waals surface area (Å²) >= 11 is 0. The normalized spacial score (nSPS) is 23.5. The van der Waals surface area contributed by atoms with E-state index in [1.807, 2.05) is 0 Å². The Bertz CT molecular complexity index is 288. The number of hydrogen-bond acceptors (Lipinski definition) is 3. The minimum Gasteiger partial charge on any atom is -0.382 e. The third kappa shape index (κ3) is 5.50. The molecule has 0 aliphatic carbocycles. The summed E-state index contributed by atoms with van der Waals surface area (Å²) in [7, 11) is 0. The largest absolute Gasteiger partial charge is 0.382 e. The van der Waals surface area contributed by atoms with Gasteiger partial charge in [0, 0.05) is 19.3 Å². The number of rotatable bonds is 8. The molecule has 2 saturated heterocycles. The number of hydrogen-bond donors (Lipinski definition) is 0. The minimum absolute atomic E-state index is 0.691. The average Bonchev–Trinajstić information content (AvgIpc) is 2.53. The van der Waals surface area contributed by atoms with Crippen molar-refractivity contribution in [1.29, 1.82) is 0 Å². The van der Waals surface area contributed by atoms with Crippen LogP contribution in [0.3, 0.4) is 0 Å². The van der Waals surface area contributed by atoms with E-state index in [0.717, 1.165) is 19.3 Å². The Morgan fingerprint density at radius 3 is 2.14 bits per heavy atom. The van der Waals surface area contributed by atoms with Gasteiger partial charge in [0.05, 0.1) is 0 Å². The molecule has 0 amide bonds. The van der Waals surface area contributed by atoms with Crippen LogP contribution in [-0.2, 0) is 4.74 Å². The highest BCUT2D eigenvalue weighted by atomic mass is 16.5. The fraction of sp³-hybridized carbons (Fsp3) is 1.00. The van der Waals surface area contributed by atoms with Crippen LogP contribution in [0.15, 0.2) is 0 Å². The maximum atomic E-state index is 5.41. The van der Waals surface area contributed by atoms with E-state index in [4.69, 9.17) is 4.74 Å². The van der Waals surface area contributed by atoms with Crippen LogP contribution in [0.25, 0.3) is 0 Å². The van der Waals surface area contributed by atoms with Crippen LogP contribution in [-0.4, -0.2) is 61.8 Å². The van der Waals surface area contributed by atoms with Crippen molar-refractivity contribution in [3.05, 3.63) is 0 Å². The smallest absolute Gasteiger partial charge is 0.0465 e. The number of ether oxygens (including phenoxy) is 1. The summed E-state index contributed by atoms with van der Waals surface area (Å²) in [5.41, 5.74) is 0.691. The lowest BCUT2D eigenvalue weighted by Crippen LogP contribution is -2.48. The van der Waals surface area contributed by atoms with Gasteiger partial charge in [-0.3, -0.25) is 0 Å². The van der Waals surface area contributed by atoms with Crippen molar-refractivity contribution >= 4 is 0 Å². The van der Waals surface area contributed by atoms with Crippen LogP contribution in [0.4, 0.5) is 0 Å². The number of piperidine rings is 2. The number of unbranched alkanes of at least 4 members (excludes halogenated alkanes) is 2. The van der Waals surface area contributed by atoms with E-state index >= 15 is 0 Å². The van der Waals surface area contributed by atoms with Gasteiger partial charge in [0.2, 0.25) is 0 Å². The Morgan fingerprint density at radius 2 is 1.55 bits per heavy atom. The first kappa shape index (κ1) is 18.2. The van der Waals surface area contributed by atoms with E-state index in [9.17, 15) is 0 Å². The second-order valence-electron chi connectivity index (χ2n) is 7.73. The van der Waals surface area contributed by atoms with Crippen LogP contribution in [0.5, 0.6) is 0 Å². The summed E-state index contributed by atoms with van der Waals surface area (Å²) in [5, 5.41) is 0. The first-order chi connectivity index (χ1) is 10.7. The SMILES string of the molecule is CCOCCCCCN1CCC2(CC1)CCN(C(C)C)CC2. The number of nitrogens with zero attached hydrogens (tertiary/aromatic N) is 2. The molecule has 0 N–H and O–H groups in total. The molecule has 0 unspecified atom stereocenters. The van der Waals surface area contributed by atoms with Gasteiger partial charge < -0.3 is 14.5 Å². The van der Waals surface area contributed by atoms with Crippen molar-refractivity contribution in [3.63, 3.8) is 0 Å². The molecule has 1 spiro atoms. The topological polar surface area (TPSA) is 15.7 Å². The summed E-state index contributed by atoms with van der Waals surface area (Å²) in [6.07, 6.45) is 9.67. The molecule has 0 aromatic rings. The third-order valence-corrected chi connectivity index (χ3v) is 5.97. The predicted molar refractivity (Wildman–Crippen MR) is 94.4 cm³/mol. The van der Waals surface area contributed by atoms with Gasteiger partial charge in [-0.2, -0.15) is 0 Å². The molecule has 2 heterocycles. The Hall–Kier alpha value is -0.120. The van der Waals surface area contributed by atoms with E-state index in [-0.39, 0.29) is 0 Å². The maximum absolute atomic E-state index is 5.41. The zero-order chi connectivity index (χ0) is 15.8. The van der Waals surface area contributed by atoms with Crippen LogP contribution in [0.2, 0.25) is 0 Å². The molecule has 0 atom stereocenters. The van der Waals surface area contributed by atoms with Gasteiger partial charge >= 0.3 is 0 Å². The van der Waals surface area contributed by atoms with Crippen molar-refractivity contribution in [1.82, 2.24) is 9.80 Å². The molecule has 22 heavy (non-hydrogen) atoms. The Labute approximate surface area is 138 Å². The third-order valence-electron chi connectivity index (χ3n) is 5.97. The maximum Gasteiger partial charge on any atom is 0.0465 e. The highest BCUT2D eigenvalue weighted by Gasteiger charge is 2.37. The first-order valence-corrected chi connectivity index (χ1v) is 9.69. The molecule has 0 saturated carbocycles. The second kappa shape index (κ2) is 9.24. The van der Waals surface area contributed by atoms with E-state index < -0.39 is 0 Å². The van der Waals surface area contributed by atoms with Crippen molar-refractivity contribution in [2.45, 2.75) is 71.8 Å². The highest BCUT2D eigenvalue weighted by Crippen LogP contribution is 2.41. The predicted octanol–water partition coefficient (Wildman–Crippen LogP) is 3.78. The van der Waals surface area contributed by atoms with Gasteiger partial charge in [-0.1, -0.05) is 0 Å². The molecule has 0 aromatic heterocycles. The van der Waals surface area contributed by atoms with E-state index in [2.05, 4.69) is 30.6 Å². The molecule has 3 heteroatoms. The Balaban J connectivity index is 1.58. The van der Waals surface area contributed by atoms with Crippen LogP contribution in [0.1, 0.15) is 65.7 Å². The number of likely N-dealkylation sites (tertiary alicyclic amines) is 2. The van der Waals surface area contributed by atoms with Crippen molar-refractivity contribution < 1.29 is 4.74 Å². The molecule has 2 aliphatic heterocycles. The molecule has 0 radical (unpaired) electrons. The van der Waals surface area contributed by atoms with E-state index in [0.29, 0.717) is 5.41 Å². The quantitative estimate of drug-likeness (QED) is 0.635. The molecule has 130 valence electrons. The molecule has 2 aliphatic rings. The molecule has 2 fully saturated rings. The first-order valence-electron chi connectivity index (χ1n) is 9.69. The highest BCUT2D eigenvalue weighted by molar-refractivity contribution is 4.91. The second-order valence-corrected chi connectivity index (χ2v) is 7.73. The van der Waals surface area contributed by atoms with Crippen LogP contribution >= 0.6 is 0 Å². The zero-order valence-electron chi connectivity index (χ0n) is 15.3. The lowest BCUT2D eigenvalue weighted by molar-refractivity contribution is 0.0246. The fourth-order valence-corrected chi connectivity index (χ4v) is 4.13. The zero-order valence-corrected chi connectivity index (χ0v) is 15.3. The lowest BCUT2D eigenvalue weighted by Gasteiger charge is -2.47. The molecular weight excluding hydrogens is 272 g/mol. The van der Waals surface area contributed by atoms with Gasteiger partial charge in [0.25, 0.3) is 0 Å². The summed E-state index contributed by atoms with van der Waals surface area (Å²) in [5.74, 6) is 0. The van der Waals surface area contributed by atoms with E-state index in [1.165, 1.54) is 77.7 Å². The molecular formula is C19H38N2O. The summed E-state index contributed by atoms with van der Waals surface area (Å²) in [6.45, 7) is 15.2. The van der Waals surface area contributed by atoms with Crippen LogP contribution < -0.4 is 0 Å². The van der Waals surface area contributed by atoms with Crippen molar-refractivity contribution in [2.24, 2.45) is 5.41 Å². The van der Waals surface area contributed by atoms with Gasteiger partial charge in [-0.05, 0) is 104 Å². The van der Waals surface area contributed by atoms with Crippen molar-refractivity contribution in [2.75, 3.05) is 45.9 Å². The summed E-state index contributed by atoms with van der Waals surface area (Å²) in [6, 6.07) is 0.731. The van der Waals surface area contributed by atoms with Crippen LogP contribution in [0, 0.1) is 5.41 Å². The lowest BCUT2D eigenvalue weighted by atomic mass is 9.71. The standard InChI is InChI=1S/C19H38N2O/c1-4-22-17-7-5-6-12-20-13-8-19(9-14-20)10-15-21(16-11-19)18(2)3/h18H,4-17H2,1-3H3. The molecule has 2 rings (SSSR count). The average molecular weight is 311 g/mol. The minimum atomic E-state index is 0.691. The van der Waals surface area contributed by atoms with Gasteiger partial charge in [-0.25, -0.2) is 0 Å². The molecule has 0 aromatic carbocycles. The van der Waals surface area contributed by atoms with Gasteiger partial charge in [-0.15, -0.1) is 0 Å². The van der Waals surface area contributed by atoms with E-state index in [1.54, 1.807) is 0 Å². The summed E-state index contributed by atoms with van der Waals surface area (Å²) < 4.78 is 5.41. The Kier molecular flexibility index (Phi) is 7.66. The molecule has 0 bridgehead atoms. The van der Waals surface area contributed by atoms with Gasteiger partial charge in [0.15, 0.2) is 0 Å². The summed E-state index contributed by atoms with van der Waals surface area (Å²) in [4.78, 5) is 5.37. The fourth-order valence-electron chi connectivity index (χ4n) is 4.13. The monoisotopic (exact) mass is 310 g/mol.